The van der Waals surface area contributed by atoms with Crippen LogP contribution in [-0.2, 0) is 11.3 Å². The number of carbonyl (C=O) groups is 1. The van der Waals surface area contributed by atoms with Crippen molar-refractivity contribution in [3.8, 4) is 0 Å². The van der Waals surface area contributed by atoms with Crippen LogP contribution in [0.3, 0.4) is 0 Å². The van der Waals surface area contributed by atoms with Crippen LogP contribution in [0.4, 0.5) is 4.39 Å². The van der Waals surface area contributed by atoms with Gasteiger partial charge in [0.2, 0.25) is 5.91 Å². The molecule has 0 radical (unpaired) electrons. The lowest BCUT2D eigenvalue weighted by Gasteiger charge is -2.14. The minimum Gasteiger partial charge on any atom is -0.353 e. The molecule has 0 saturated carbocycles. The van der Waals surface area contributed by atoms with Crippen molar-refractivity contribution in [1.29, 1.82) is 0 Å². The van der Waals surface area contributed by atoms with E-state index in [1.54, 1.807) is 28.8 Å². The Labute approximate surface area is 138 Å². The second-order valence-corrected chi connectivity index (χ2v) is 5.94. The standard InChI is InChI=1S/C17H19FN4O2/c1-20(2)9-7-19-16(23)11-22-15-10-12(18)5-6-13(15)21-8-3-4-14(21)17(22)24/h3-6,8,10H,7,9,11H2,1-2H3,(H,19,23). The van der Waals surface area contributed by atoms with Crippen molar-refractivity contribution < 1.29 is 9.18 Å². The van der Waals surface area contributed by atoms with E-state index in [1.807, 2.05) is 19.0 Å². The highest BCUT2D eigenvalue weighted by molar-refractivity contribution is 5.82. The Morgan fingerprint density at radius 1 is 1.21 bits per heavy atom. The number of nitrogens with zero attached hydrogens (tertiary/aromatic N) is 3. The highest BCUT2D eigenvalue weighted by Crippen LogP contribution is 2.16. The van der Waals surface area contributed by atoms with E-state index in [1.165, 1.54) is 16.7 Å². The third-order valence-electron chi connectivity index (χ3n) is 3.88. The van der Waals surface area contributed by atoms with Gasteiger partial charge in [-0.2, -0.15) is 0 Å². The van der Waals surface area contributed by atoms with Crippen molar-refractivity contribution in [1.82, 2.24) is 19.2 Å². The summed E-state index contributed by atoms with van der Waals surface area (Å²) in [5.41, 5.74) is 1.21. The van der Waals surface area contributed by atoms with Crippen LogP contribution in [0, 0.1) is 5.82 Å². The Morgan fingerprint density at radius 2 is 2.00 bits per heavy atom. The number of rotatable bonds is 5. The molecule has 0 unspecified atom stereocenters. The first kappa shape index (κ1) is 16.2. The molecule has 1 N–H and O–H groups in total. The third-order valence-corrected chi connectivity index (χ3v) is 3.88. The van der Waals surface area contributed by atoms with E-state index >= 15 is 0 Å². The molecule has 1 amide bonds. The lowest BCUT2D eigenvalue weighted by atomic mass is 10.2. The summed E-state index contributed by atoms with van der Waals surface area (Å²) >= 11 is 0. The molecule has 3 aromatic rings. The Balaban J connectivity index is 2.02. The van der Waals surface area contributed by atoms with E-state index < -0.39 is 5.82 Å². The van der Waals surface area contributed by atoms with Gasteiger partial charge in [0.25, 0.3) is 5.56 Å². The number of carbonyl (C=O) groups excluding carboxylic acids is 1. The van der Waals surface area contributed by atoms with Crippen LogP contribution in [0.15, 0.2) is 41.3 Å². The quantitative estimate of drug-likeness (QED) is 0.761. The van der Waals surface area contributed by atoms with E-state index in [0.717, 1.165) is 0 Å². The van der Waals surface area contributed by atoms with Gasteiger partial charge in [-0.3, -0.25) is 14.2 Å². The summed E-state index contributed by atoms with van der Waals surface area (Å²) in [6.07, 6.45) is 1.75. The largest absolute Gasteiger partial charge is 0.353 e. The van der Waals surface area contributed by atoms with E-state index in [0.29, 0.717) is 29.6 Å². The fourth-order valence-corrected chi connectivity index (χ4v) is 2.70. The molecule has 0 aliphatic carbocycles. The first-order chi connectivity index (χ1) is 11.5. The van der Waals surface area contributed by atoms with Gasteiger partial charge in [0.05, 0.1) is 11.0 Å². The number of halogens is 1. The minimum atomic E-state index is -0.449. The highest BCUT2D eigenvalue weighted by atomic mass is 19.1. The van der Waals surface area contributed by atoms with Gasteiger partial charge in [0, 0.05) is 19.3 Å². The monoisotopic (exact) mass is 330 g/mol. The van der Waals surface area contributed by atoms with Gasteiger partial charge in [-0.15, -0.1) is 0 Å². The molecule has 2 heterocycles. The zero-order chi connectivity index (χ0) is 17.3. The van der Waals surface area contributed by atoms with Gasteiger partial charge >= 0.3 is 0 Å². The van der Waals surface area contributed by atoms with Crippen LogP contribution in [-0.4, -0.2) is 47.0 Å². The molecular formula is C17H19FN4O2. The zero-order valence-electron chi connectivity index (χ0n) is 13.6. The van der Waals surface area contributed by atoms with Crippen molar-refractivity contribution in [3.05, 3.63) is 52.7 Å². The Morgan fingerprint density at radius 3 is 2.75 bits per heavy atom. The molecule has 24 heavy (non-hydrogen) atoms. The number of amides is 1. The lowest BCUT2D eigenvalue weighted by molar-refractivity contribution is -0.121. The fourth-order valence-electron chi connectivity index (χ4n) is 2.70. The SMILES string of the molecule is CN(C)CCNC(=O)Cn1c(=O)c2cccn2c2ccc(F)cc21. The summed E-state index contributed by atoms with van der Waals surface area (Å²) in [6, 6.07) is 7.67. The fraction of sp³-hybridized carbons (Fsp3) is 0.294. The molecule has 1 aromatic carbocycles. The molecule has 6 nitrogen and oxygen atoms in total. The van der Waals surface area contributed by atoms with Crippen molar-refractivity contribution >= 4 is 22.5 Å². The first-order valence-electron chi connectivity index (χ1n) is 7.68. The van der Waals surface area contributed by atoms with Gasteiger partial charge in [0.15, 0.2) is 0 Å². The number of hydrogen-bond acceptors (Lipinski definition) is 3. The predicted octanol–water partition coefficient (Wildman–Crippen LogP) is 1.07. The van der Waals surface area contributed by atoms with Gasteiger partial charge in [-0.25, -0.2) is 4.39 Å². The topological polar surface area (TPSA) is 58.8 Å². The van der Waals surface area contributed by atoms with E-state index in [4.69, 9.17) is 0 Å². The van der Waals surface area contributed by atoms with Crippen molar-refractivity contribution in [2.24, 2.45) is 0 Å². The number of hydrogen-bond donors (Lipinski definition) is 1. The summed E-state index contributed by atoms with van der Waals surface area (Å²) in [4.78, 5) is 26.8. The number of benzene rings is 1. The van der Waals surface area contributed by atoms with Crippen LogP contribution in [0.5, 0.6) is 0 Å². The molecule has 3 rings (SSSR count). The van der Waals surface area contributed by atoms with Crippen LogP contribution in [0.2, 0.25) is 0 Å². The Bertz CT molecular complexity index is 958. The molecule has 2 aromatic heterocycles. The van der Waals surface area contributed by atoms with Gasteiger partial charge in [-0.1, -0.05) is 0 Å². The number of nitrogens with one attached hydrogen (secondary N) is 1. The third kappa shape index (κ3) is 3.03. The average molecular weight is 330 g/mol. The smallest absolute Gasteiger partial charge is 0.275 e. The first-order valence-corrected chi connectivity index (χ1v) is 7.68. The van der Waals surface area contributed by atoms with Gasteiger partial charge in [-0.05, 0) is 44.4 Å². The molecule has 7 heteroatoms. The van der Waals surface area contributed by atoms with Crippen molar-refractivity contribution in [2.45, 2.75) is 6.54 Å². The molecule has 0 atom stereocenters. The second-order valence-electron chi connectivity index (χ2n) is 5.94. The van der Waals surface area contributed by atoms with Crippen LogP contribution in [0.1, 0.15) is 0 Å². The summed E-state index contributed by atoms with van der Waals surface area (Å²) in [5.74, 6) is -0.726. The Hall–Kier alpha value is -2.67. The summed E-state index contributed by atoms with van der Waals surface area (Å²) in [5, 5.41) is 2.77. The second kappa shape index (κ2) is 6.45. The summed E-state index contributed by atoms with van der Waals surface area (Å²) in [6.45, 7) is 1.04. The van der Waals surface area contributed by atoms with Gasteiger partial charge < -0.3 is 14.6 Å². The van der Waals surface area contributed by atoms with E-state index in [9.17, 15) is 14.0 Å². The predicted molar refractivity (Wildman–Crippen MR) is 90.7 cm³/mol. The number of likely N-dealkylation sites (N-methyl/N-ethyl adjacent to an activating group) is 1. The van der Waals surface area contributed by atoms with Crippen molar-refractivity contribution in [3.63, 3.8) is 0 Å². The average Bonchev–Trinajstić information content (AvgIpc) is 3.00. The lowest BCUT2D eigenvalue weighted by Crippen LogP contribution is -2.36. The molecule has 0 aliphatic rings. The van der Waals surface area contributed by atoms with E-state index in [-0.39, 0.29) is 18.0 Å². The van der Waals surface area contributed by atoms with Crippen LogP contribution >= 0.6 is 0 Å². The molecule has 126 valence electrons. The maximum absolute atomic E-state index is 13.7. The minimum absolute atomic E-state index is 0.145. The molecule has 0 spiro atoms. The Kier molecular flexibility index (Phi) is 4.35. The van der Waals surface area contributed by atoms with Crippen molar-refractivity contribution in [2.75, 3.05) is 27.2 Å². The zero-order valence-corrected chi connectivity index (χ0v) is 13.6. The van der Waals surface area contributed by atoms with Crippen LogP contribution in [0.25, 0.3) is 16.6 Å². The maximum atomic E-state index is 13.7. The maximum Gasteiger partial charge on any atom is 0.275 e. The molecule has 0 saturated heterocycles. The number of aromatic nitrogens is 2. The normalized spacial score (nSPS) is 11.5. The molecule has 0 bridgehead atoms. The molecular weight excluding hydrogens is 311 g/mol. The van der Waals surface area contributed by atoms with Gasteiger partial charge in [0.1, 0.15) is 17.9 Å². The molecule has 0 aliphatic heterocycles. The number of fused-ring (bicyclic) bond motifs is 3. The molecule has 0 fully saturated rings. The van der Waals surface area contributed by atoms with Crippen LogP contribution < -0.4 is 10.9 Å². The summed E-state index contributed by atoms with van der Waals surface area (Å²) in [7, 11) is 3.82. The highest BCUT2D eigenvalue weighted by Gasteiger charge is 2.13. The van der Waals surface area contributed by atoms with E-state index in [2.05, 4.69) is 5.32 Å². The summed E-state index contributed by atoms with van der Waals surface area (Å²) < 4.78 is 16.7.